The summed E-state index contributed by atoms with van der Waals surface area (Å²) >= 11 is 9.21. The van der Waals surface area contributed by atoms with Crippen LogP contribution in [0.25, 0.3) is 0 Å². The van der Waals surface area contributed by atoms with Gasteiger partial charge >= 0.3 is 0 Å². The van der Waals surface area contributed by atoms with Gasteiger partial charge in [-0.1, -0.05) is 17.7 Å². The van der Waals surface area contributed by atoms with Gasteiger partial charge in [-0.2, -0.15) is 0 Å². The van der Waals surface area contributed by atoms with Crippen molar-refractivity contribution in [3.8, 4) is 0 Å². The van der Waals surface area contributed by atoms with E-state index in [1.165, 1.54) is 6.07 Å². The van der Waals surface area contributed by atoms with E-state index in [4.69, 9.17) is 11.6 Å². The van der Waals surface area contributed by atoms with Crippen molar-refractivity contribution in [1.82, 2.24) is 4.98 Å². The summed E-state index contributed by atoms with van der Waals surface area (Å²) in [5.41, 5.74) is 0.970. The number of nitrogens with zero attached hydrogens (tertiary/aromatic N) is 1. The van der Waals surface area contributed by atoms with Crippen LogP contribution in [0.2, 0.25) is 5.02 Å². The van der Waals surface area contributed by atoms with E-state index < -0.39 is 5.82 Å². The number of halogens is 3. The van der Waals surface area contributed by atoms with Crippen molar-refractivity contribution in [1.29, 1.82) is 0 Å². The Labute approximate surface area is 106 Å². The van der Waals surface area contributed by atoms with Crippen molar-refractivity contribution in [2.75, 3.05) is 5.32 Å². The predicted molar refractivity (Wildman–Crippen MR) is 66.6 cm³/mol. The van der Waals surface area contributed by atoms with E-state index in [2.05, 4.69) is 26.2 Å². The molecule has 16 heavy (non-hydrogen) atoms. The summed E-state index contributed by atoms with van der Waals surface area (Å²) in [6.07, 6.45) is 3.24. The zero-order valence-electron chi connectivity index (χ0n) is 8.05. The lowest BCUT2D eigenvalue weighted by Crippen LogP contribution is -1.95. The lowest BCUT2D eigenvalue weighted by molar-refractivity contribution is 0.632. The SMILES string of the molecule is Fc1cccc(Cl)c1Nc1ccncc1Br. The fourth-order valence-electron chi connectivity index (χ4n) is 1.23. The number of para-hydroxylation sites is 1. The summed E-state index contributed by atoms with van der Waals surface area (Å²) < 4.78 is 14.2. The zero-order valence-corrected chi connectivity index (χ0v) is 10.4. The van der Waals surface area contributed by atoms with Gasteiger partial charge in [-0.3, -0.25) is 4.98 Å². The van der Waals surface area contributed by atoms with Crippen molar-refractivity contribution < 1.29 is 4.39 Å². The molecule has 0 radical (unpaired) electrons. The maximum absolute atomic E-state index is 13.5. The monoisotopic (exact) mass is 300 g/mol. The molecule has 0 aliphatic carbocycles. The van der Waals surface area contributed by atoms with Crippen LogP contribution in [0.1, 0.15) is 0 Å². The zero-order chi connectivity index (χ0) is 11.5. The molecule has 0 saturated carbocycles. The average Bonchev–Trinajstić information content (AvgIpc) is 2.26. The molecule has 2 rings (SSSR count). The van der Waals surface area contributed by atoms with Crippen LogP contribution in [0.5, 0.6) is 0 Å². The van der Waals surface area contributed by atoms with Crippen molar-refractivity contribution in [3.63, 3.8) is 0 Å². The normalized spacial score (nSPS) is 10.2. The van der Waals surface area contributed by atoms with Gasteiger partial charge in [0.1, 0.15) is 5.82 Å². The number of hydrogen-bond acceptors (Lipinski definition) is 2. The third-order valence-electron chi connectivity index (χ3n) is 1.99. The molecule has 0 bridgehead atoms. The Morgan fingerprint density at radius 3 is 2.81 bits per heavy atom. The summed E-state index contributed by atoms with van der Waals surface area (Å²) in [6, 6.07) is 6.27. The van der Waals surface area contributed by atoms with Gasteiger partial charge in [0.05, 0.1) is 20.9 Å². The molecule has 1 aromatic carbocycles. The smallest absolute Gasteiger partial charge is 0.148 e. The molecule has 0 spiro atoms. The van der Waals surface area contributed by atoms with E-state index >= 15 is 0 Å². The average molecular weight is 302 g/mol. The van der Waals surface area contributed by atoms with Crippen LogP contribution in [0.4, 0.5) is 15.8 Å². The summed E-state index contributed by atoms with van der Waals surface area (Å²) in [5.74, 6) is -0.392. The van der Waals surface area contributed by atoms with Crippen molar-refractivity contribution in [2.45, 2.75) is 0 Å². The fraction of sp³-hybridized carbons (Fsp3) is 0. The topological polar surface area (TPSA) is 24.9 Å². The first kappa shape index (κ1) is 11.4. The molecule has 2 aromatic rings. The highest BCUT2D eigenvalue weighted by atomic mass is 79.9. The molecule has 0 aliphatic heterocycles. The Balaban J connectivity index is 2.38. The van der Waals surface area contributed by atoms with Crippen LogP contribution in [-0.2, 0) is 0 Å². The highest BCUT2D eigenvalue weighted by Crippen LogP contribution is 2.30. The third kappa shape index (κ3) is 2.33. The molecular formula is C11H7BrClFN2. The fourth-order valence-corrected chi connectivity index (χ4v) is 1.79. The largest absolute Gasteiger partial charge is 0.351 e. The van der Waals surface area contributed by atoms with Gasteiger partial charge in [0.2, 0.25) is 0 Å². The Hall–Kier alpha value is -1.13. The molecule has 1 N–H and O–H groups in total. The van der Waals surface area contributed by atoms with Crippen LogP contribution >= 0.6 is 27.5 Å². The molecule has 0 atom stereocenters. The van der Waals surface area contributed by atoms with Gasteiger partial charge in [0.15, 0.2) is 0 Å². The first-order valence-electron chi connectivity index (χ1n) is 4.49. The summed E-state index contributed by atoms with van der Waals surface area (Å²) in [6.45, 7) is 0. The van der Waals surface area contributed by atoms with E-state index in [1.807, 2.05) is 0 Å². The predicted octanol–water partition coefficient (Wildman–Crippen LogP) is 4.38. The van der Waals surface area contributed by atoms with Gasteiger partial charge in [0.25, 0.3) is 0 Å². The van der Waals surface area contributed by atoms with Crippen LogP contribution < -0.4 is 5.32 Å². The molecule has 0 amide bonds. The van der Waals surface area contributed by atoms with Gasteiger partial charge in [-0.15, -0.1) is 0 Å². The first-order chi connectivity index (χ1) is 7.68. The van der Waals surface area contributed by atoms with Crippen LogP contribution in [0, 0.1) is 5.82 Å². The highest BCUT2D eigenvalue weighted by Gasteiger charge is 2.08. The molecule has 82 valence electrons. The second-order valence-electron chi connectivity index (χ2n) is 3.08. The summed E-state index contributed by atoms with van der Waals surface area (Å²) in [4.78, 5) is 3.92. The van der Waals surface area contributed by atoms with E-state index in [9.17, 15) is 4.39 Å². The maximum Gasteiger partial charge on any atom is 0.148 e. The quantitative estimate of drug-likeness (QED) is 0.890. The minimum atomic E-state index is -0.392. The molecule has 0 unspecified atom stereocenters. The first-order valence-corrected chi connectivity index (χ1v) is 5.66. The maximum atomic E-state index is 13.5. The molecule has 0 fully saturated rings. The molecule has 1 aromatic heterocycles. The molecule has 1 heterocycles. The van der Waals surface area contributed by atoms with E-state index in [-0.39, 0.29) is 5.69 Å². The Kier molecular flexibility index (Phi) is 3.41. The van der Waals surface area contributed by atoms with E-state index in [0.717, 1.165) is 4.47 Å². The number of hydrogen-bond donors (Lipinski definition) is 1. The summed E-state index contributed by atoms with van der Waals surface area (Å²) in [7, 11) is 0. The lowest BCUT2D eigenvalue weighted by atomic mass is 10.3. The highest BCUT2D eigenvalue weighted by molar-refractivity contribution is 9.10. The Bertz CT molecular complexity index is 499. The van der Waals surface area contributed by atoms with Gasteiger partial charge < -0.3 is 5.32 Å². The van der Waals surface area contributed by atoms with Gasteiger partial charge in [0, 0.05) is 12.4 Å². The third-order valence-corrected chi connectivity index (χ3v) is 2.94. The minimum absolute atomic E-state index is 0.260. The van der Waals surface area contributed by atoms with Crippen LogP contribution in [-0.4, -0.2) is 4.98 Å². The molecule has 0 saturated heterocycles. The standard InChI is InChI=1S/C11H7BrClFN2/c12-7-6-15-5-4-10(7)16-11-8(13)2-1-3-9(11)14/h1-6H,(H,15,16). The second-order valence-corrected chi connectivity index (χ2v) is 4.34. The van der Waals surface area contributed by atoms with Crippen LogP contribution in [0.15, 0.2) is 41.1 Å². The number of anilines is 2. The van der Waals surface area contributed by atoms with Crippen molar-refractivity contribution in [3.05, 3.63) is 52.0 Å². The lowest BCUT2D eigenvalue weighted by Gasteiger charge is -2.10. The van der Waals surface area contributed by atoms with Crippen molar-refractivity contribution >= 4 is 38.9 Å². The van der Waals surface area contributed by atoms with E-state index in [1.54, 1.807) is 30.6 Å². The van der Waals surface area contributed by atoms with Gasteiger partial charge in [-0.25, -0.2) is 4.39 Å². The Morgan fingerprint density at radius 1 is 1.31 bits per heavy atom. The molecule has 0 aliphatic rings. The number of pyridine rings is 1. The number of rotatable bonds is 2. The number of aromatic nitrogens is 1. The number of nitrogens with one attached hydrogen (secondary N) is 1. The Morgan fingerprint density at radius 2 is 2.12 bits per heavy atom. The van der Waals surface area contributed by atoms with Crippen LogP contribution in [0.3, 0.4) is 0 Å². The van der Waals surface area contributed by atoms with Gasteiger partial charge in [-0.05, 0) is 34.1 Å². The second kappa shape index (κ2) is 4.80. The molecule has 2 nitrogen and oxygen atoms in total. The minimum Gasteiger partial charge on any atom is -0.351 e. The molecular weight excluding hydrogens is 294 g/mol. The summed E-state index contributed by atoms with van der Waals surface area (Å²) in [5, 5.41) is 3.25. The number of benzene rings is 1. The van der Waals surface area contributed by atoms with Crippen molar-refractivity contribution in [2.24, 2.45) is 0 Å². The molecule has 5 heteroatoms. The van der Waals surface area contributed by atoms with E-state index in [0.29, 0.717) is 10.7 Å².